The van der Waals surface area contributed by atoms with Crippen LogP contribution in [-0.2, 0) is 19.4 Å². The van der Waals surface area contributed by atoms with E-state index in [4.69, 9.17) is 4.74 Å². The van der Waals surface area contributed by atoms with Gasteiger partial charge in [-0.2, -0.15) is 0 Å². The molecule has 1 N–H and O–H groups in total. The summed E-state index contributed by atoms with van der Waals surface area (Å²) in [5.41, 5.74) is 0. The van der Waals surface area contributed by atoms with Crippen molar-refractivity contribution in [3.63, 3.8) is 0 Å². The maximum atomic E-state index is 11.4. The zero-order valence-corrected chi connectivity index (χ0v) is 11.4. The van der Waals surface area contributed by atoms with Gasteiger partial charge in [0.05, 0.1) is 18.1 Å². The smallest absolute Gasteiger partial charge is 0.320 e. The SMILES string of the molecule is CC(C)C(C)OC(=O)CNC1CCS(=O)(=O)C1. The van der Waals surface area contributed by atoms with Crippen molar-refractivity contribution in [2.75, 3.05) is 18.1 Å². The van der Waals surface area contributed by atoms with Gasteiger partial charge in [-0.05, 0) is 19.3 Å². The van der Waals surface area contributed by atoms with Gasteiger partial charge in [-0.15, -0.1) is 0 Å². The Kier molecular flexibility index (Phi) is 4.94. The Balaban J connectivity index is 2.25. The number of ether oxygens (including phenoxy) is 1. The number of rotatable bonds is 5. The summed E-state index contributed by atoms with van der Waals surface area (Å²) >= 11 is 0. The molecule has 1 aliphatic heterocycles. The second-order valence-corrected chi connectivity index (χ2v) is 7.15. The topological polar surface area (TPSA) is 72.5 Å². The maximum absolute atomic E-state index is 11.4. The molecular formula is C11H21NO4S. The van der Waals surface area contributed by atoms with Crippen LogP contribution in [-0.4, -0.2) is 44.6 Å². The van der Waals surface area contributed by atoms with Gasteiger partial charge in [0.1, 0.15) is 6.10 Å². The largest absolute Gasteiger partial charge is 0.461 e. The van der Waals surface area contributed by atoms with Gasteiger partial charge in [0.2, 0.25) is 0 Å². The number of sulfone groups is 1. The molecular weight excluding hydrogens is 242 g/mol. The number of hydrogen-bond donors (Lipinski definition) is 1. The molecule has 5 nitrogen and oxygen atoms in total. The Bertz CT molecular complexity index is 364. The summed E-state index contributed by atoms with van der Waals surface area (Å²) in [5, 5.41) is 2.93. The molecule has 0 amide bonds. The molecule has 0 aromatic heterocycles. The second-order valence-electron chi connectivity index (χ2n) is 4.92. The van der Waals surface area contributed by atoms with Gasteiger partial charge in [-0.25, -0.2) is 8.42 Å². The average Bonchev–Trinajstić information content (AvgIpc) is 2.55. The van der Waals surface area contributed by atoms with Crippen LogP contribution < -0.4 is 5.32 Å². The summed E-state index contributed by atoms with van der Waals surface area (Å²) < 4.78 is 27.6. The summed E-state index contributed by atoms with van der Waals surface area (Å²) in [6.45, 7) is 5.89. The third kappa shape index (κ3) is 5.04. The molecule has 0 aliphatic carbocycles. The van der Waals surface area contributed by atoms with E-state index in [1.54, 1.807) is 0 Å². The minimum absolute atomic E-state index is 0.0806. The van der Waals surface area contributed by atoms with Gasteiger partial charge in [0, 0.05) is 6.04 Å². The molecule has 0 aromatic carbocycles. The fraction of sp³-hybridized carbons (Fsp3) is 0.909. The lowest BCUT2D eigenvalue weighted by Gasteiger charge is -2.17. The Morgan fingerprint density at radius 3 is 2.53 bits per heavy atom. The quantitative estimate of drug-likeness (QED) is 0.725. The minimum atomic E-state index is -2.89. The van der Waals surface area contributed by atoms with Gasteiger partial charge in [0.15, 0.2) is 9.84 Å². The number of carbonyl (C=O) groups excluding carboxylic acids is 1. The van der Waals surface area contributed by atoms with Crippen LogP contribution in [0.3, 0.4) is 0 Å². The molecule has 1 heterocycles. The molecule has 0 spiro atoms. The molecule has 100 valence electrons. The van der Waals surface area contributed by atoms with Gasteiger partial charge in [-0.3, -0.25) is 4.79 Å². The summed E-state index contributed by atoms with van der Waals surface area (Å²) in [4.78, 5) is 11.4. The molecule has 1 aliphatic rings. The third-order valence-electron chi connectivity index (χ3n) is 3.02. The predicted octanol–water partition coefficient (Wildman–Crippen LogP) is 0.351. The third-order valence-corrected chi connectivity index (χ3v) is 4.79. The van der Waals surface area contributed by atoms with Crippen LogP contribution in [0.2, 0.25) is 0 Å². The van der Waals surface area contributed by atoms with Crippen molar-refractivity contribution < 1.29 is 17.9 Å². The van der Waals surface area contributed by atoms with E-state index in [9.17, 15) is 13.2 Å². The summed E-state index contributed by atoms with van der Waals surface area (Å²) in [7, 11) is -2.89. The molecule has 2 unspecified atom stereocenters. The molecule has 1 rings (SSSR count). The first-order chi connectivity index (χ1) is 7.80. The van der Waals surface area contributed by atoms with E-state index in [0.29, 0.717) is 6.42 Å². The fourth-order valence-electron chi connectivity index (χ4n) is 1.57. The zero-order valence-electron chi connectivity index (χ0n) is 10.6. The van der Waals surface area contributed by atoms with E-state index in [-0.39, 0.29) is 42.1 Å². The Hall–Kier alpha value is -0.620. The van der Waals surface area contributed by atoms with E-state index in [0.717, 1.165) is 0 Å². The molecule has 1 fully saturated rings. The Labute approximate surface area is 103 Å². The van der Waals surface area contributed by atoms with E-state index >= 15 is 0 Å². The number of esters is 1. The van der Waals surface area contributed by atoms with E-state index < -0.39 is 9.84 Å². The normalized spacial score (nSPS) is 24.8. The summed E-state index contributed by atoms with van der Waals surface area (Å²) in [6.07, 6.45) is 0.464. The summed E-state index contributed by atoms with van der Waals surface area (Å²) in [5.74, 6) is 0.295. The van der Waals surface area contributed by atoms with E-state index in [1.807, 2.05) is 20.8 Å². The van der Waals surface area contributed by atoms with Gasteiger partial charge >= 0.3 is 5.97 Å². The van der Waals surface area contributed by atoms with Crippen molar-refractivity contribution in [2.45, 2.75) is 39.3 Å². The zero-order chi connectivity index (χ0) is 13.1. The molecule has 0 saturated carbocycles. The van der Waals surface area contributed by atoms with E-state index in [1.165, 1.54) is 0 Å². The number of carbonyl (C=O) groups is 1. The van der Waals surface area contributed by atoms with Crippen LogP contribution >= 0.6 is 0 Å². The van der Waals surface area contributed by atoms with Crippen molar-refractivity contribution >= 4 is 15.8 Å². The molecule has 2 atom stereocenters. The second kappa shape index (κ2) is 5.82. The van der Waals surface area contributed by atoms with Crippen LogP contribution in [0.5, 0.6) is 0 Å². The molecule has 0 bridgehead atoms. The average molecular weight is 263 g/mol. The lowest BCUT2D eigenvalue weighted by Crippen LogP contribution is -2.36. The van der Waals surface area contributed by atoms with Crippen LogP contribution in [0, 0.1) is 5.92 Å². The van der Waals surface area contributed by atoms with E-state index in [2.05, 4.69) is 5.32 Å². The Morgan fingerprint density at radius 2 is 2.06 bits per heavy atom. The Morgan fingerprint density at radius 1 is 1.41 bits per heavy atom. The highest BCUT2D eigenvalue weighted by atomic mass is 32.2. The van der Waals surface area contributed by atoms with Gasteiger partial charge in [0.25, 0.3) is 0 Å². The molecule has 1 saturated heterocycles. The molecule has 6 heteroatoms. The van der Waals surface area contributed by atoms with Crippen LogP contribution in [0.15, 0.2) is 0 Å². The number of nitrogens with one attached hydrogen (secondary N) is 1. The molecule has 0 aromatic rings. The lowest BCUT2D eigenvalue weighted by molar-refractivity contribution is -0.149. The van der Waals surface area contributed by atoms with Crippen molar-refractivity contribution in [3.8, 4) is 0 Å². The minimum Gasteiger partial charge on any atom is -0.461 e. The van der Waals surface area contributed by atoms with Crippen LogP contribution in [0.1, 0.15) is 27.2 Å². The first kappa shape index (κ1) is 14.4. The molecule has 0 radical (unpaired) electrons. The maximum Gasteiger partial charge on any atom is 0.320 e. The van der Waals surface area contributed by atoms with Crippen molar-refractivity contribution in [1.82, 2.24) is 5.32 Å². The highest BCUT2D eigenvalue weighted by molar-refractivity contribution is 7.91. The molecule has 17 heavy (non-hydrogen) atoms. The summed E-state index contributed by atoms with van der Waals surface area (Å²) in [6, 6.07) is -0.109. The van der Waals surface area contributed by atoms with Crippen LogP contribution in [0.25, 0.3) is 0 Å². The van der Waals surface area contributed by atoms with Crippen LogP contribution in [0.4, 0.5) is 0 Å². The van der Waals surface area contributed by atoms with Crippen molar-refractivity contribution in [1.29, 1.82) is 0 Å². The van der Waals surface area contributed by atoms with Gasteiger partial charge < -0.3 is 10.1 Å². The van der Waals surface area contributed by atoms with Gasteiger partial charge in [-0.1, -0.05) is 13.8 Å². The van der Waals surface area contributed by atoms with Crippen molar-refractivity contribution in [3.05, 3.63) is 0 Å². The van der Waals surface area contributed by atoms with Crippen molar-refractivity contribution in [2.24, 2.45) is 5.92 Å². The lowest BCUT2D eigenvalue weighted by atomic mass is 10.1. The highest BCUT2D eigenvalue weighted by Crippen LogP contribution is 2.11. The first-order valence-corrected chi connectivity index (χ1v) is 7.75. The standard InChI is InChI=1S/C11H21NO4S/c1-8(2)9(3)16-11(13)6-12-10-4-5-17(14,15)7-10/h8-10,12H,4-7H2,1-3H3. The highest BCUT2D eigenvalue weighted by Gasteiger charge is 2.28. The monoisotopic (exact) mass is 263 g/mol. The number of hydrogen-bond acceptors (Lipinski definition) is 5. The fourth-order valence-corrected chi connectivity index (χ4v) is 3.28. The first-order valence-electron chi connectivity index (χ1n) is 5.93. The predicted molar refractivity (Wildman–Crippen MR) is 65.5 cm³/mol.